The smallest absolute Gasteiger partial charge is 0.337 e. The summed E-state index contributed by atoms with van der Waals surface area (Å²) in [7, 11) is 0. The number of nitrogens with zero attached hydrogens (tertiary/aromatic N) is 2. The van der Waals surface area contributed by atoms with Crippen LogP contribution in [-0.2, 0) is 0 Å². The summed E-state index contributed by atoms with van der Waals surface area (Å²) >= 11 is 0. The van der Waals surface area contributed by atoms with Gasteiger partial charge in [-0.3, -0.25) is 10.1 Å². The molecule has 98 valence electrons. The molecule has 0 aliphatic rings. The number of carboxylic acid groups (broad SMARTS) is 1. The topological polar surface area (TPSA) is 83.7 Å². The molecule has 6 nitrogen and oxygen atoms in total. The molecule has 0 aliphatic heterocycles. The summed E-state index contributed by atoms with van der Waals surface area (Å²) in [6.45, 7) is 6.28. The summed E-state index contributed by atoms with van der Waals surface area (Å²) in [5.41, 5.74) is 0.361. The van der Waals surface area contributed by atoms with E-state index in [1.54, 1.807) is 0 Å². The minimum atomic E-state index is -1.08. The van der Waals surface area contributed by atoms with Crippen LogP contribution in [-0.4, -0.2) is 28.6 Å². The number of carbonyl (C=O) groups is 1. The van der Waals surface area contributed by atoms with Crippen LogP contribution in [0, 0.1) is 10.1 Å². The molecule has 0 unspecified atom stereocenters. The number of aromatic carboxylic acids is 1. The van der Waals surface area contributed by atoms with Crippen molar-refractivity contribution in [1.82, 2.24) is 0 Å². The zero-order valence-corrected chi connectivity index (χ0v) is 10.6. The Morgan fingerprint density at radius 3 is 2.50 bits per heavy atom. The van der Waals surface area contributed by atoms with Crippen LogP contribution < -0.4 is 4.90 Å². The number of rotatable bonds is 5. The summed E-state index contributed by atoms with van der Waals surface area (Å²) in [4.78, 5) is 23.2. The molecule has 0 bridgehead atoms. The first-order chi connectivity index (χ1) is 8.38. The highest BCUT2D eigenvalue weighted by molar-refractivity contribution is 5.95. The molecule has 1 aromatic rings. The molecule has 0 fully saturated rings. The lowest BCUT2D eigenvalue weighted by atomic mass is 10.1. The molecule has 0 saturated heterocycles. The molecule has 0 aromatic heterocycles. The number of carboxylic acids is 1. The molecule has 0 aliphatic carbocycles. The van der Waals surface area contributed by atoms with Crippen LogP contribution in [0.4, 0.5) is 11.4 Å². The normalized spacial score (nSPS) is 10.4. The molecule has 18 heavy (non-hydrogen) atoms. The van der Waals surface area contributed by atoms with Crippen molar-refractivity contribution >= 4 is 17.3 Å². The lowest BCUT2D eigenvalue weighted by molar-refractivity contribution is -0.384. The van der Waals surface area contributed by atoms with Crippen LogP contribution in [0.5, 0.6) is 0 Å². The number of hydrogen-bond acceptors (Lipinski definition) is 4. The van der Waals surface area contributed by atoms with E-state index in [-0.39, 0.29) is 17.3 Å². The zero-order valence-electron chi connectivity index (χ0n) is 10.6. The van der Waals surface area contributed by atoms with E-state index in [2.05, 4.69) is 0 Å². The minimum Gasteiger partial charge on any atom is -0.478 e. The van der Waals surface area contributed by atoms with Gasteiger partial charge in [0.1, 0.15) is 0 Å². The number of hydrogen-bond donors (Lipinski definition) is 1. The Bertz CT molecular complexity index is 471. The van der Waals surface area contributed by atoms with Crippen molar-refractivity contribution in [2.45, 2.75) is 26.8 Å². The van der Waals surface area contributed by atoms with Crippen LogP contribution in [0.1, 0.15) is 31.1 Å². The predicted molar refractivity (Wildman–Crippen MR) is 68.2 cm³/mol. The maximum atomic E-state index is 11.1. The second-order valence-corrected chi connectivity index (χ2v) is 4.14. The van der Waals surface area contributed by atoms with Crippen molar-refractivity contribution in [3.8, 4) is 0 Å². The number of non-ortho nitro benzene ring substituents is 1. The van der Waals surface area contributed by atoms with Crippen LogP contribution in [0.2, 0.25) is 0 Å². The second kappa shape index (κ2) is 5.48. The summed E-state index contributed by atoms with van der Waals surface area (Å²) in [5.74, 6) is -1.08. The Morgan fingerprint density at radius 1 is 1.50 bits per heavy atom. The van der Waals surface area contributed by atoms with Gasteiger partial charge in [-0.05, 0) is 26.8 Å². The molecule has 0 spiro atoms. The molecule has 0 atom stereocenters. The van der Waals surface area contributed by atoms with Crippen LogP contribution in [0.15, 0.2) is 18.2 Å². The molecular formula is C12H16N2O4. The van der Waals surface area contributed by atoms with Gasteiger partial charge in [0.2, 0.25) is 0 Å². The Morgan fingerprint density at radius 2 is 2.11 bits per heavy atom. The fraction of sp³-hybridized carbons (Fsp3) is 0.417. The van der Waals surface area contributed by atoms with Crippen LogP contribution in [0.25, 0.3) is 0 Å². The van der Waals surface area contributed by atoms with Gasteiger partial charge >= 0.3 is 5.97 Å². The van der Waals surface area contributed by atoms with Gasteiger partial charge in [0.25, 0.3) is 5.69 Å². The summed E-state index contributed by atoms with van der Waals surface area (Å²) in [5, 5.41) is 19.9. The van der Waals surface area contributed by atoms with E-state index >= 15 is 0 Å². The van der Waals surface area contributed by atoms with E-state index in [0.29, 0.717) is 12.2 Å². The van der Waals surface area contributed by atoms with E-state index in [9.17, 15) is 14.9 Å². The second-order valence-electron chi connectivity index (χ2n) is 4.14. The Hall–Kier alpha value is -2.11. The minimum absolute atomic E-state index is 0.0649. The fourth-order valence-electron chi connectivity index (χ4n) is 1.87. The van der Waals surface area contributed by atoms with Gasteiger partial charge in [-0.2, -0.15) is 0 Å². The van der Waals surface area contributed by atoms with E-state index in [4.69, 9.17) is 5.11 Å². The fourth-order valence-corrected chi connectivity index (χ4v) is 1.87. The van der Waals surface area contributed by atoms with E-state index in [1.165, 1.54) is 18.2 Å². The Kier molecular flexibility index (Phi) is 4.25. The molecular weight excluding hydrogens is 236 g/mol. The lowest BCUT2D eigenvalue weighted by Crippen LogP contribution is -2.31. The molecule has 1 aromatic carbocycles. The van der Waals surface area contributed by atoms with Crippen LogP contribution >= 0.6 is 0 Å². The average molecular weight is 252 g/mol. The highest BCUT2D eigenvalue weighted by Crippen LogP contribution is 2.27. The average Bonchev–Trinajstić information content (AvgIpc) is 2.28. The Balaban J connectivity index is 3.39. The first-order valence-electron chi connectivity index (χ1n) is 5.66. The van der Waals surface area contributed by atoms with E-state index < -0.39 is 10.9 Å². The van der Waals surface area contributed by atoms with Gasteiger partial charge < -0.3 is 10.0 Å². The molecule has 0 amide bonds. The SMILES string of the molecule is CCN(c1cc([N+](=O)[O-])ccc1C(=O)O)C(C)C. The van der Waals surface area contributed by atoms with Crippen molar-refractivity contribution in [2.24, 2.45) is 0 Å². The zero-order chi connectivity index (χ0) is 13.9. The third-order valence-corrected chi connectivity index (χ3v) is 2.70. The van der Waals surface area contributed by atoms with Crippen molar-refractivity contribution in [1.29, 1.82) is 0 Å². The molecule has 6 heteroatoms. The van der Waals surface area contributed by atoms with Crippen molar-refractivity contribution in [3.05, 3.63) is 33.9 Å². The summed E-state index contributed by atoms with van der Waals surface area (Å²) < 4.78 is 0. The number of anilines is 1. The van der Waals surface area contributed by atoms with Gasteiger partial charge in [0.05, 0.1) is 16.2 Å². The number of nitro groups is 1. The van der Waals surface area contributed by atoms with Gasteiger partial charge in [-0.15, -0.1) is 0 Å². The third kappa shape index (κ3) is 2.77. The van der Waals surface area contributed by atoms with Crippen molar-refractivity contribution in [3.63, 3.8) is 0 Å². The summed E-state index contributed by atoms with van der Waals surface area (Å²) in [6, 6.07) is 3.87. The molecule has 0 saturated carbocycles. The molecule has 1 rings (SSSR count). The standard InChI is InChI=1S/C12H16N2O4/c1-4-13(8(2)3)11-7-9(14(17)18)5-6-10(11)12(15)16/h5-8H,4H2,1-3H3,(H,15,16). The summed E-state index contributed by atoms with van der Waals surface area (Å²) in [6.07, 6.45) is 0. The van der Waals surface area contributed by atoms with Gasteiger partial charge in [-0.25, -0.2) is 4.79 Å². The van der Waals surface area contributed by atoms with Gasteiger partial charge in [0, 0.05) is 24.7 Å². The van der Waals surface area contributed by atoms with Crippen LogP contribution in [0.3, 0.4) is 0 Å². The van der Waals surface area contributed by atoms with Gasteiger partial charge in [0.15, 0.2) is 0 Å². The first-order valence-corrected chi connectivity index (χ1v) is 5.66. The molecule has 0 radical (unpaired) electrons. The number of benzene rings is 1. The largest absolute Gasteiger partial charge is 0.478 e. The lowest BCUT2D eigenvalue weighted by Gasteiger charge is -2.28. The van der Waals surface area contributed by atoms with Crippen molar-refractivity contribution in [2.75, 3.05) is 11.4 Å². The maximum Gasteiger partial charge on any atom is 0.337 e. The maximum absolute atomic E-state index is 11.1. The highest BCUT2D eigenvalue weighted by atomic mass is 16.6. The van der Waals surface area contributed by atoms with E-state index in [1.807, 2.05) is 25.7 Å². The third-order valence-electron chi connectivity index (χ3n) is 2.70. The molecule has 1 N–H and O–H groups in total. The highest BCUT2D eigenvalue weighted by Gasteiger charge is 2.20. The van der Waals surface area contributed by atoms with Crippen molar-refractivity contribution < 1.29 is 14.8 Å². The monoisotopic (exact) mass is 252 g/mol. The van der Waals surface area contributed by atoms with Gasteiger partial charge in [-0.1, -0.05) is 0 Å². The molecule has 0 heterocycles. The Labute approximate surface area is 105 Å². The number of nitro benzene ring substituents is 1. The predicted octanol–water partition coefficient (Wildman–Crippen LogP) is 2.53. The quantitative estimate of drug-likeness (QED) is 0.643. The van der Waals surface area contributed by atoms with E-state index in [0.717, 1.165) is 0 Å². The first kappa shape index (κ1) is 14.0.